The second-order valence-electron chi connectivity index (χ2n) is 10.2. The number of aromatic hydroxyl groups is 1. The highest BCUT2D eigenvalue weighted by Gasteiger charge is 2.20. The van der Waals surface area contributed by atoms with E-state index < -0.39 is 6.98 Å². The lowest BCUT2D eigenvalue weighted by atomic mass is 9.83. The van der Waals surface area contributed by atoms with Crippen molar-refractivity contribution >= 4 is 11.0 Å². The molecule has 1 N–H and O–H groups in total. The molecule has 0 atom stereocenters. The molecule has 0 aliphatic heterocycles. The lowest BCUT2D eigenvalue weighted by Gasteiger charge is -2.21. The Morgan fingerprint density at radius 2 is 1.69 bits per heavy atom. The molecule has 0 saturated carbocycles. The van der Waals surface area contributed by atoms with Gasteiger partial charge in [-0.25, -0.2) is 4.98 Å². The Labute approximate surface area is 211 Å². The second-order valence-corrected chi connectivity index (χ2v) is 10.2. The summed E-state index contributed by atoms with van der Waals surface area (Å²) in [7, 11) is 0. The Kier molecular flexibility index (Phi) is 4.65. The lowest BCUT2D eigenvalue weighted by Crippen LogP contribution is -2.11. The highest BCUT2D eigenvalue weighted by molar-refractivity contribution is 5.95. The third-order valence-corrected chi connectivity index (χ3v) is 6.44. The van der Waals surface area contributed by atoms with E-state index in [9.17, 15) is 5.11 Å². The van der Waals surface area contributed by atoms with Crippen LogP contribution in [0, 0.1) is 13.8 Å². The van der Waals surface area contributed by atoms with E-state index in [-0.39, 0.29) is 17.0 Å². The molecule has 4 nitrogen and oxygen atoms in total. The zero-order valence-electron chi connectivity index (χ0n) is 23.7. The number of para-hydroxylation sites is 1. The molecule has 0 radical (unpaired) electrons. The van der Waals surface area contributed by atoms with Gasteiger partial charge in [-0.3, -0.25) is 4.98 Å². The highest BCUT2D eigenvalue weighted by atomic mass is 16.3. The van der Waals surface area contributed by atoms with Crippen molar-refractivity contribution in [2.75, 3.05) is 0 Å². The number of fused-ring (bicyclic) bond motifs is 1. The molecule has 0 unspecified atom stereocenters. The van der Waals surface area contributed by atoms with Gasteiger partial charge >= 0.3 is 0 Å². The van der Waals surface area contributed by atoms with Gasteiger partial charge in [0.2, 0.25) is 0 Å². The molecule has 0 fully saturated rings. The first-order chi connectivity index (χ1) is 17.8. The van der Waals surface area contributed by atoms with E-state index in [4.69, 9.17) is 9.10 Å². The molecule has 0 saturated heterocycles. The van der Waals surface area contributed by atoms with Gasteiger partial charge < -0.3 is 9.67 Å². The average molecular weight is 465 g/mol. The van der Waals surface area contributed by atoms with Gasteiger partial charge in [-0.05, 0) is 77.9 Å². The number of imidazole rings is 1. The molecule has 2 heterocycles. The molecule has 3 aromatic carbocycles. The summed E-state index contributed by atoms with van der Waals surface area (Å²) in [5, 5.41) is 10.9. The van der Waals surface area contributed by atoms with Crippen molar-refractivity contribution in [3.8, 4) is 39.5 Å². The Bertz CT molecular complexity index is 1660. The summed E-state index contributed by atoms with van der Waals surface area (Å²) in [5.74, 6) is 0.249. The molecule has 2 aromatic heterocycles. The van der Waals surface area contributed by atoms with Crippen molar-refractivity contribution in [1.29, 1.82) is 0 Å². The molecular weight excluding hydrogens is 430 g/mol. The van der Waals surface area contributed by atoms with Gasteiger partial charge in [0.1, 0.15) is 11.6 Å². The van der Waals surface area contributed by atoms with E-state index >= 15 is 0 Å². The van der Waals surface area contributed by atoms with Gasteiger partial charge in [0.15, 0.2) is 0 Å². The Hall–Kier alpha value is -3.92. The number of nitrogens with zero attached hydrogens (tertiary/aromatic N) is 3. The van der Waals surface area contributed by atoms with Crippen LogP contribution in [0.5, 0.6) is 5.75 Å². The Balaban J connectivity index is 1.84. The maximum Gasteiger partial charge on any atom is 0.144 e. The second kappa shape index (κ2) is 8.38. The van der Waals surface area contributed by atoms with Crippen molar-refractivity contribution in [3.05, 3.63) is 89.6 Å². The van der Waals surface area contributed by atoms with Crippen LogP contribution >= 0.6 is 0 Å². The predicted molar refractivity (Wildman–Crippen MR) is 145 cm³/mol. The zero-order valence-corrected chi connectivity index (χ0v) is 20.7. The van der Waals surface area contributed by atoms with Gasteiger partial charge in [-0.1, -0.05) is 51.1 Å². The van der Waals surface area contributed by atoms with Gasteiger partial charge in [0, 0.05) is 28.4 Å². The number of phenols is 1. The van der Waals surface area contributed by atoms with Crippen molar-refractivity contribution < 1.29 is 9.22 Å². The van der Waals surface area contributed by atoms with E-state index in [0.29, 0.717) is 22.2 Å². The van der Waals surface area contributed by atoms with Gasteiger partial charge in [-0.2, -0.15) is 0 Å². The maximum atomic E-state index is 10.9. The van der Waals surface area contributed by atoms with Crippen LogP contribution < -0.4 is 0 Å². The van der Waals surface area contributed by atoms with Crippen LogP contribution in [0.2, 0.25) is 0 Å². The van der Waals surface area contributed by atoms with Crippen LogP contribution in [0.4, 0.5) is 0 Å². The lowest BCUT2D eigenvalue weighted by molar-refractivity contribution is 0.472. The molecule has 0 aliphatic rings. The quantitative estimate of drug-likeness (QED) is 0.299. The van der Waals surface area contributed by atoms with Crippen molar-refractivity contribution in [3.63, 3.8) is 0 Å². The number of benzene rings is 3. The van der Waals surface area contributed by atoms with Crippen LogP contribution in [0.1, 0.15) is 41.6 Å². The number of aryl methyl sites for hydroxylation is 3. The first-order valence-corrected chi connectivity index (χ1v) is 11.7. The minimum Gasteiger partial charge on any atom is -0.507 e. The zero-order chi connectivity index (χ0) is 27.4. The van der Waals surface area contributed by atoms with Gasteiger partial charge in [-0.15, -0.1) is 0 Å². The number of hydrogen-bond acceptors (Lipinski definition) is 3. The highest BCUT2D eigenvalue weighted by Crippen LogP contribution is 2.38. The Morgan fingerprint density at radius 1 is 0.886 bits per heavy atom. The third kappa shape index (κ3) is 4.10. The average Bonchev–Trinajstić information content (AvgIpc) is 3.26. The number of rotatable bonds is 3. The van der Waals surface area contributed by atoms with Crippen LogP contribution in [0.3, 0.4) is 0 Å². The predicted octanol–water partition coefficient (Wildman–Crippen LogP) is 7.59. The van der Waals surface area contributed by atoms with Gasteiger partial charge in [0.05, 0.1) is 22.3 Å². The molecule has 0 aliphatic carbocycles. The first kappa shape index (κ1) is 19.4. The monoisotopic (exact) mass is 464 g/mol. The summed E-state index contributed by atoms with van der Waals surface area (Å²) in [6.07, 6.45) is 1.78. The van der Waals surface area contributed by atoms with E-state index in [1.54, 1.807) is 25.3 Å². The smallest absolute Gasteiger partial charge is 0.144 e. The molecular formula is C31H31N3O. The van der Waals surface area contributed by atoms with Crippen molar-refractivity contribution in [1.82, 2.24) is 14.5 Å². The standard InChI is InChI=1S/C31H31N3O/c1-19-14-20(2)29(35)25(15-19)30-33-28-24(10-9-12-27(28)34(30)6)21-16-22(26-11-7-8-13-32-26)18-23(17-21)31(3,4)5/h7-18,35H,1-6H3/i6D3. The molecule has 5 rings (SSSR count). The van der Waals surface area contributed by atoms with Gasteiger partial charge in [0.25, 0.3) is 0 Å². The molecule has 35 heavy (non-hydrogen) atoms. The number of pyridine rings is 1. The molecule has 5 aromatic rings. The van der Waals surface area contributed by atoms with Crippen molar-refractivity contribution in [2.24, 2.45) is 6.98 Å². The van der Waals surface area contributed by atoms with E-state index in [1.807, 2.05) is 43.3 Å². The topological polar surface area (TPSA) is 50.9 Å². The van der Waals surface area contributed by atoms with Crippen LogP contribution in [0.25, 0.3) is 44.8 Å². The van der Waals surface area contributed by atoms with Crippen LogP contribution in [0.15, 0.2) is 72.9 Å². The molecule has 176 valence electrons. The van der Waals surface area contributed by atoms with E-state index in [0.717, 1.165) is 33.5 Å². The van der Waals surface area contributed by atoms with E-state index in [2.05, 4.69) is 44.0 Å². The SMILES string of the molecule is [2H]C([2H])([2H])n1c(-c2cc(C)cc(C)c2O)nc2c(-c3cc(-c4ccccn4)cc(C(C)(C)C)c3)cccc21. The first-order valence-electron chi connectivity index (χ1n) is 13.2. The summed E-state index contributed by atoms with van der Waals surface area (Å²) in [6, 6.07) is 21.5. The molecule has 0 amide bonds. The summed E-state index contributed by atoms with van der Waals surface area (Å²) in [5.41, 5.74) is 7.63. The summed E-state index contributed by atoms with van der Waals surface area (Å²) in [6.45, 7) is 7.72. The number of phenolic OH excluding ortho intramolecular Hbond substituents is 1. The minimum atomic E-state index is -2.50. The molecule has 0 spiro atoms. The number of aromatic nitrogens is 3. The Morgan fingerprint density at radius 3 is 2.40 bits per heavy atom. The van der Waals surface area contributed by atoms with Crippen LogP contribution in [-0.2, 0) is 12.4 Å². The molecule has 4 heteroatoms. The largest absolute Gasteiger partial charge is 0.507 e. The summed E-state index contributed by atoms with van der Waals surface area (Å²) >= 11 is 0. The molecule has 0 bridgehead atoms. The van der Waals surface area contributed by atoms with Crippen LogP contribution in [-0.4, -0.2) is 19.6 Å². The van der Waals surface area contributed by atoms with E-state index in [1.165, 1.54) is 4.57 Å². The summed E-state index contributed by atoms with van der Waals surface area (Å²) in [4.78, 5) is 9.45. The summed E-state index contributed by atoms with van der Waals surface area (Å²) < 4.78 is 26.3. The maximum absolute atomic E-state index is 10.9. The third-order valence-electron chi connectivity index (χ3n) is 6.44. The normalized spacial score (nSPS) is 13.5. The fourth-order valence-corrected chi connectivity index (χ4v) is 4.54. The van der Waals surface area contributed by atoms with Crippen molar-refractivity contribution in [2.45, 2.75) is 40.0 Å². The fraction of sp³-hybridized carbons (Fsp3) is 0.226. The fourth-order valence-electron chi connectivity index (χ4n) is 4.54. The minimum absolute atomic E-state index is 0.0325. The number of hydrogen-bond donors (Lipinski definition) is 1.